The lowest BCUT2D eigenvalue weighted by atomic mass is 10.0. The van der Waals surface area contributed by atoms with E-state index >= 15 is 0 Å². The molecule has 1 heterocycles. The molecule has 0 fully saturated rings. The van der Waals surface area contributed by atoms with Gasteiger partial charge >= 0.3 is 5.97 Å². The Morgan fingerprint density at radius 3 is 2.57 bits per heavy atom. The molecule has 0 aliphatic carbocycles. The van der Waals surface area contributed by atoms with Crippen LogP contribution < -0.4 is 5.43 Å². The number of hydrogen-bond acceptors (Lipinski definition) is 2. The Hall–Kier alpha value is -2.95. The Bertz CT molecular complexity index is 807. The van der Waals surface area contributed by atoms with Crippen LogP contribution in [0.1, 0.15) is 34.3 Å². The molecule has 5 nitrogen and oxygen atoms in total. The largest absolute Gasteiger partial charge is 0.478 e. The summed E-state index contributed by atoms with van der Waals surface area (Å²) >= 11 is 0. The Kier molecular flexibility index (Phi) is 3.93. The van der Waals surface area contributed by atoms with Crippen molar-refractivity contribution >= 4 is 23.3 Å². The highest BCUT2D eigenvalue weighted by Crippen LogP contribution is 2.19. The third-order valence-corrected chi connectivity index (χ3v) is 3.83. The maximum absolute atomic E-state index is 11.8. The predicted octanol–water partition coefficient (Wildman–Crippen LogP) is 2.65. The Balaban J connectivity index is 2.13. The highest BCUT2D eigenvalue weighted by Gasteiger charge is 2.28. The number of carbonyl (C=O) groups is 2. The maximum atomic E-state index is 11.8. The number of hydrazine groups is 1. The van der Waals surface area contributed by atoms with Gasteiger partial charge in [-0.3, -0.25) is 4.79 Å². The lowest BCUT2D eigenvalue weighted by molar-refractivity contribution is -0.496. The molecule has 1 amide bonds. The van der Waals surface area contributed by atoms with E-state index in [-0.39, 0.29) is 11.5 Å². The van der Waals surface area contributed by atoms with Crippen molar-refractivity contribution in [3.05, 3.63) is 65.2 Å². The molecule has 0 spiro atoms. The molecule has 0 unspecified atom stereocenters. The first-order valence-corrected chi connectivity index (χ1v) is 7.40. The van der Waals surface area contributed by atoms with E-state index < -0.39 is 5.97 Å². The average molecular weight is 309 g/mol. The van der Waals surface area contributed by atoms with E-state index in [9.17, 15) is 9.59 Å². The van der Waals surface area contributed by atoms with Crippen LogP contribution in [0.3, 0.4) is 0 Å². The zero-order chi connectivity index (χ0) is 16.4. The second kappa shape index (κ2) is 6.04. The zero-order valence-electron chi connectivity index (χ0n) is 12.7. The molecule has 23 heavy (non-hydrogen) atoms. The van der Waals surface area contributed by atoms with Gasteiger partial charge in [0, 0.05) is 30.5 Å². The maximum Gasteiger partial charge on any atom is 0.335 e. The Morgan fingerprint density at radius 1 is 1.13 bits per heavy atom. The summed E-state index contributed by atoms with van der Waals surface area (Å²) in [6.45, 7) is 2.02. The quantitative estimate of drug-likeness (QED) is 0.856. The minimum absolute atomic E-state index is 0.0819. The fourth-order valence-corrected chi connectivity index (χ4v) is 2.61. The molecule has 2 N–H and O–H groups in total. The van der Waals surface area contributed by atoms with Gasteiger partial charge in [-0.1, -0.05) is 28.4 Å². The normalized spacial score (nSPS) is 14.6. The molecule has 0 bridgehead atoms. The van der Waals surface area contributed by atoms with Crippen molar-refractivity contribution < 1.29 is 19.4 Å². The van der Waals surface area contributed by atoms with Gasteiger partial charge in [-0.15, -0.1) is 5.43 Å². The molecule has 0 saturated carbocycles. The fourth-order valence-electron chi connectivity index (χ4n) is 2.61. The number of carbonyl (C=O) groups excluding carboxylic acids is 1. The molecule has 2 aromatic rings. The van der Waals surface area contributed by atoms with Gasteiger partial charge in [-0.05, 0) is 25.1 Å². The number of aryl methyl sites for hydroxylation is 1. The van der Waals surface area contributed by atoms with Crippen LogP contribution in [0.25, 0.3) is 0 Å². The number of nitrogens with one attached hydrogen (secondary N) is 1. The molecule has 2 aromatic carbocycles. The highest BCUT2D eigenvalue weighted by molar-refractivity contribution is 6.01. The summed E-state index contributed by atoms with van der Waals surface area (Å²) in [5.41, 5.74) is 6.77. The standard InChI is InChI=1S/C18H16N2O3/c1-12-5-7-13(8-6-12)16-9-10-17(21)19-20(16)15-4-2-3-14(11-15)18(22)23/h2-8,11H,9-10H2,1H3,(H-,19,21,22,23)/p+1. The van der Waals surface area contributed by atoms with Crippen LogP contribution in [0, 0.1) is 6.92 Å². The highest BCUT2D eigenvalue weighted by atomic mass is 16.4. The molecule has 3 rings (SSSR count). The van der Waals surface area contributed by atoms with Gasteiger partial charge < -0.3 is 5.11 Å². The van der Waals surface area contributed by atoms with E-state index in [2.05, 4.69) is 5.43 Å². The van der Waals surface area contributed by atoms with Crippen LogP contribution in [-0.2, 0) is 4.79 Å². The summed E-state index contributed by atoms with van der Waals surface area (Å²) in [5.74, 6) is -1.08. The average Bonchev–Trinajstić information content (AvgIpc) is 2.56. The number of rotatable bonds is 3. The Labute approximate surface area is 133 Å². The molecule has 1 aliphatic rings. The summed E-state index contributed by atoms with van der Waals surface area (Å²) in [4.78, 5) is 23.0. The first-order chi connectivity index (χ1) is 11.0. The minimum atomic E-state index is -0.993. The van der Waals surface area contributed by atoms with Crippen molar-refractivity contribution in [2.45, 2.75) is 19.8 Å². The van der Waals surface area contributed by atoms with Crippen LogP contribution in [0.4, 0.5) is 5.69 Å². The molecule has 0 atom stereocenters. The predicted molar refractivity (Wildman–Crippen MR) is 86.0 cm³/mol. The zero-order valence-corrected chi connectivity index (χ0v) is 12.7. The fraction of sp³-hybridized carbons (Fsp3) is 0.167. The van der Waals surface area contributed by atoms with Crippen LogP contribution in [0.2, 0.25) is 0 Å². The van der Waals surface area contributed by atoms with Crippen molar-refractivity contribution in [3.63, 3.8) is 0 Å². The third kappa shape index (κ3) is 3.13. The number of carboxylic acids is 1. The van der Waals surface area contributed by atoms with E-state index in [1.54, 1.807) is 22.9 Å². The summed E-state index contributed by atoms with van der Waals surface area (Å²) in [7, 11) is 0. The van der Waals surface area contributed by atoms with Crippen molar-refractivity contribution in [1.82, 2.24) is 5.43 Å². The van der Waals surface area contributed by atoms with E-state index in [0.717, 1.165) is 16.8 Å². The summed E-state index contributed by atoms with van der Waals surface area (Å²) in [5, 5.41) is 9.16. The Morgan fingerprint density at radius 2 is 1.87 bits per heavy atom. The van der Waals surface area contributed by atoms with Gasteiger partial charge in [0.1, 0.15) is 0 Å². The minimum Gasteiger partial charge on any atom is -0.478 e. The van der Waals surface area contributed by atoms with Gasteiger partial charge in [0.2, 0.25) is 11.4 Å². The monoisotopic (exact) mass is 309 g/mol. The number of aromatic carboxylic acids is 1. The molecule has 116 valence electrons. The van der Waals surface area contributed by atoms with Crippen LogP contribution in [-0.4, -0.2) is 27.4 Å². The number of nitrogens with zero attached hydrogens (tertiary/aromatic N) is 1. The number of carboxylic acid groups (broad SMARTS) is 1. The van der Waals surface area contributed by atoms with E-state index in [4.69, 9.17) is 5.11 Å². The second-order valence-corrected chi connectivity index (χ2v) is 5.54. The van der Waals surface area contributed by atoms with Crippen molar-refractivity contribution in [2.24, 2.45) is 0 Å². The third-order valence-electron chi connectivity index (χ3n) is 3.83. The van der Waals surface area contributed by atoms with Crippen LogP contribution in [0.5, 0.6) is 0 Å². The number of amides is 1. The van der Waals surface area contributed by atoms with Crippen molar-refractivity contribution in [3.8, 4) is 0 Å². The molecule has 1 aliphatic heterocycles. The summed E-state index contributed by atoms with van der Waals surface area (Å²) in [6, 6.07) is 14.6. The summed E-state index contributed by atoms with van der Waals surface area (Å²) < 4.78 is 1.68. The SMILES string of the molecule is Cc1ccc(C2=[N+](c3cccc(C(=O)O)c3)NC(=O)CC2)cc1. The van der Waals surface area contributed by atoms with E-state index in [0.29, 0.717) is 18.5 Å². The van der Waals surface area contributed by atoms with E-state index in [1.807, 2.05) is 31.2 Å². The number of benzene rings is 2. The van der Waals surface area contributed by atoms with Gasteiger partial charge in [0.05, 0.1) is 5.56 Å². The van der Waals surface area contributed by atoms with Crippen LogP contribution >= 0.6 is 0 Å². The van der Waals surface area contributed by atoms with Gasteiger partial charge in [0.25, 0.3) is 5.91 Å². The lowest BCUT2D eigenvalue weighted by Crippen LogP contribution is -2.40. The first kappa shape index (κ1) is 15.0. The van der Waals surface area contributed by atoms with E-state index in [1.165, 1.54) is 6.07 Å². The van der Waals surface area contributed by atoms with Gasteiger partial charge in [-0.2, -0.15) is 0 Å². The van der Waals surface area contributed by atoms with Gasteiger partial charge in [0.15, 0.2) is 0 Å². The molecular weight excluding hydrogens is 292 g/mol. The van der Waals surface area contributed by atoms with Crippen LogP contribution in [0.15, 0.2) is 48.5 Å². The van der Waals surface area contributed by atoms with Crippen molar-refractivity contribution in [1.29, 1.82) is 0 Å². The number of hydrazone groups is 1. The first-order valence-electron chi connectivity index (χ1n) is 7.40. The molecule has 0 aromatic heterocycles. The molecular formula is C18H17N2O3+. The molecule has 5 heteroatoms. The summed E-state index contributed by atoms with van der Waals surface area (Å²) in [6.07, 6.45) is 1.02. The smallest absolute Gasteiger partial charge is 0.335 e. The lowest BCUT2D eigenvalue weighted by Gasteiger charge is -2.14. The topological polar surface area (TPSA) is 69.4 Å². The van der Waals surface area contributed by atoms with Gasteiger partial charge in [-0.25, -0.2) is 4.79 Å². The molecule has 0 saturated heterocycles. The van der Waals surface area contributed by atoms with Crippen molar-refractivity contribution in [2.75, 3.05) is 0 Å². The number of hydrogen-bond donors (Lipinski definition) is 2. The second-order valence-electron chi connectivity index (χ2n) is 5.54. The molecule has 0 radical (unpaired) electrons.